The van der Waals surface area contributed by atoms with Gasteiger partial charge in [0.25, 0.3) is 0 Å². The summed E-state index contributed by atoms with van der Waals surface area (Å²) in [5.41, 5.74) is 0. The van der Waals surface area contributed by atoms with Gasteiger partial charge in [0.05, 0.1) is 0 Å². The second-order valence-electron chi connectivity index (χ2n) is 3.21. The van der Waals surface area contributed by atoms with E-state index >= 15 is 0 Å². The average molecular weight is 201 g/mol. The second kappa shape index (κ2) is 10.2. The monoisotopic (exact) mass is 201 g/mol. The normalized spacial score (nSPS) is 9.00. The van der Waals surface area contributed by atoms with E-state index in [2.05, 4.69) is 5.32 Å². The zero-order valence-electron chi connectivity index (χ0n) is 10.0. The number of hydrogen-bond acceptors (Lipinski definition) is 2. The lowest BCUT2D eigenvalue weighted by Crippen LogP contribution is -2.21. The first-order valence-corrected chi connectivity index (χ1v) is 5.31. The number of ketones is 1. The SMILES string of the molecule is CC.CC(=O)NCCCC(=O)C(C)C. The van der Waals surface area contributed by atoms with Gasteiger partial charge in [-0.3, -0.25) is 9.59 Å². The Morgan fingerprint density at radius 2 is 1.71 bits per heavy atom. The van der Waals surface area contributed by atoms with Gasteiger partial charge in [0.15, 0.2) is 0 Å². The zero-order valence-corrected chi connectivity index (χ0v) is 10.0. The van der Waals surface area contributed by atoms with E-state index in [4.69, 9.17) is 0 Å². The third-order valence-corrected chi connectivity index (χ3v) is 1.62. The van der Waals surface area contributed by atoms with Crippen molar-refractivity contribution in [2.75, 3.05) is 6.54 Å². The molecule has 0 aliphatic carbocycles. The highest BCUT2D eigenvalue weighted by Gasteiger charge is 2.05. The van der Waals surface area contributed by atoms with Crippen LogP contribution in [0.25, 0.3) is 0 Å². The summed E-state index contributed by atoms with van der Waals surface area (Å²) in [7, 11) is 0. The lowest BCUT2D eigenvalue weighted by Gasteiger charge is -2.03. The molecule has 0 spiro atoms. The largest absolute Gasteiger partial charge is 0.356 e. The van der Waals surface area contributed by atoms with Crippen molar-refractivity contribution in [1.82, 2.24) is 5.32 Å². The van der Waals surface area contributed by atoms with E-state index in [1.54, 1.807) is 0 Å². The fourth-order valence-corrected chi connectivity index (χ4v) is 0.816. The Labute approximate surface area is 87.3 Å². The van der Waals surface area contributed by atoms with Crippen LogP contribution in [0.3, 0.4) is 0 Å². The number of nitrogens with one attached hydrogen (secondary N) is 1. The summed E-state index contributed by atoms with van der Waals surface area (Å²) in [6, 6.07) is 0. The number of Topliss-reactive ketones (excluding diaryl/α,β-unsaturated/α-hetero) is 1. The smallest absolute Gasteiger partial charge is 0.216 e. The van der Waals surface area contributed by atoms with Crippen molar-refractivity contribution in [1.29, 1.82) is 0 Å². The molecule has 0 radical (unpaired) electrons. The van der Waals surface area contributed by atoms with Crippen molar-refractivity contribution in [3.8, 4) is 0 Å². The van der Waals surface area contributed by atoms with Gasteiger partial charge in [-0.05, 0) is 6.42 Å². The van der Waals surface area contributed by atoms with Gasteiger partial charge in [0.2, 0.25) is 5.91 Å². The molecular formula is C11H23NO2. The summed E-state index contributed by atoms with van der Waals surface area (Å²) in [4.78, 5) is 21.5. The molecule has 0 heterocycles. The van der Waals surface area contributed by atoms with E-state index in [9.17, 15) is 9.59 Å². The highest BCUT2D eigenvalue weighted by atomic mass is 16.1. The molecular weight excluding hydrogens is 178 g/mol. The van der Waals surface area contributed by atoms with Crippen molar-refractivity contribution in [2.45, 2.75) is 47.5 Å². The van der Waals surface area contributed by atoms with Crippen LogP contribution in [-0.2, 0) is 9.59 Å². The summed E-state index contributed by atoms with van der Waals surface area (Å²) >= 11 is 0. The third kappa shape index (κ3) is 11.1. The van der Waals surface area contributed by atoms with Crippen molar-refractivity contribution in [3.63, 3.8) is 0 Å². The molecule has 84 valence electrons. The summed E-state index contributed by atoms with van der Waals surface area (Å²) in [5.74, 6) is 0.342. The minimum absolute atomic E-state index is 0.0352. The van der Waals surface area contributed by atoms with Crippen LogP contribution in [-0.4, -0.2) is 18.2 Å². The minimum Gasteiger partial charge on any atom is -0.356 e. The first-order chi connectivity index (χ1) is 6.54. The van der Waals surface area contributed by atoms with Gasteiger partial charge in [-0.15, -0.1) is 0 Å². The lowest BCUT2D eigenvalue weighted by atomic mass is 10.1. The molecule has 0 unspecified atom stereocenters. The zero-order chi connectivity index (χ0) is 11.6. The fraction of sp³-hybridized carbons (Fsp3) is 0.818. The summed E-state index contributed by atoms with van der Waals surface area (Å²) < 4.78 is 0. The van der Waals surface area contributed by atoms with Gasteiger partial charge < -0.3 is 5.32 Å². The Bertz CT molecular complexity index is 165. The highest BCUT2D eigenvalue weighted by molar-refractivity contribution is 5.80. The topological polar surface area (TPSA) is 46.2 Å². The summed E-state index contributed by atoms with van der Waals surface area (Å²) in [5, 5.41) is 2.65. The van der Waals surface area contributed by atoms with Crippen LogP contribution in [0, 0.1) is 5.92 Å². The molecule has 0 aromatic rings. The van der Waals surface area contributed by atoms with Crippen LogP contribution in [0.4, 0.5) is 0 Å². The van der Waals surface area contributed by atoms with E-state index in [-0.39, 0.29) is 17.6 Å². The molecule has 0 rings (SSSR count). The second-order valence-corrected chi connectivity index (χ2v) is 3.21. The van der Waals surface area contributed by atoms with Crippen molar-refractivity contribution in [3.05, 3.63) is 0 Å². The molecule has 0 atom stereocenters. The van der Waals surface area contributed by atoms with E-state index in [1.807, 2.05) is 27.7 Å². The molecule has 0 aromatic carbocycles. The molecule has 0 bridgehead atoms. The van der Waals surface area contributed by atoms with Crippen molar-refractivity contribution < 1.29 is 9.59 Å². The highest BCUT2D eigenvalue weighted by Crippen LogP contribution is 2.00. The number of hydrogen-bond donors (Lipinski definition) is 1. The van der Waals surface area contributed by atoms with Crippen LogP contribution in [0.2, 0.25) is 0 Å². The average Bonchev–Trinajstić information content (AvgIpc) is 2.15. The quantitative estimate of drug-likeness (QED) is 0.693. The van der Waals surface area contributed by atoms with Crippen LogP contribution in [0.1, 0.15) is 47.5 Å². The number of amides is 1. The maximum Gasteiger partial charge on any atom is 0.216 e. The first kappa shape index (κ1) is 15.6. The van der Waals surface area contributed by atoms with E-state index < -0.39 is 0 Å². The van der Waals surface area contributed by atoms with Gasteiger partial charge in [-0.2, -0.15) is 0 Å². The molecule has 0 saturated carbocycles. The Morgan fingerprint density at radius 1 is 1.21 bits per heavy atom. The predicted octanol–water partition coefficient (Wildman–Crippen LogP) is 2.15. The van der Waals surface area contributed by atoms with Crippen LogP contribution in [0.5, 0.6) is 0 Å². The van der Waals surface area contributed by atoms with E-state index in [1.165, 1.54) is 6.92 Å². The van der Waals surface area contributed by atoms with Crippen molar-refractivity contribution >= 4 is 11.7 Å². The van der Waals surface area contributed by atoms with Gasteiger partial charge in [-0.25, -0.2) is 0 Å². The molecule has 0 aromatic heterocycles. The molecule has 0 aliphatic rings. The van der Waals surface area contributed by atoms with Crippen LogP contribution < -0.4 is 5.32 Å². The summed E-state index contributed by atoms with van der Waals surface area (Å²) in [6.07, 6.45) is 1.31. The standard InChI is InChI=1S/C9H17NO2.C2H6/c1-7(2)9(12)5-4-6-10-8(3)11;1-2/h7H,4-6H2,1-3H3,(H,10,11);1-2H3. The fourth-order valence-electron chi connectivity index (χ4n) is 0.816. The van der Waals surface area contributed by atoms with Gasteiger partial charge >= 0.3 is 0 Å². The Hall–Kier alpha value is -0.860. The van der Waals surface area contributed by atoms with E-state index in [0.29, 0.717) is 13.0 Å². The minimum atomic E-state index is -0.0352. The molecule has 14 heavy (non-hydrogen) atoms. The molecule has 0 saturated heterocycles. The van der Waals surface area contributed by atoms with Gasteiger partial charge in [0, 0.05) is 25.8 Å². The van der Waals surface area contributed by atoms with E-state index in [0.717, 1.165) is 6.42 Å². The Morgan fingerprint density at radius 3 is 2.07 bits per heavy atom. The lowest BCUT2D eigenvalue weighted by molar-refractivity contribution is -0.122. The molecule has 1 N–H and O–H groups in total. The van der Waals surface area contributed by atoms with Crippen LogP contribution >= 0.6 is 0 Å². The number of carbonyl (C=O) groups excluding carboxylic acids is 2. The maximum absolute atomic E-state index is 11.1. The Kier molecular flexibility index (Phi) is 11.4. The number of rotatable bonds is 5. The molecule has 1 amide bonds. The molecule has 0 aliphatic heterocycles. The molecule has 3 nitrogen and oxygen atoms in total. The number of carbonyl (C=O) groups is 2. The van der Waals surface area contributed by atoms with Gasteiger partial charge in [-0.1, -0.05) is 27.7 Å². The first-order valence-electron chi connectivity index (χ1n) is 5.31. The maximum atomic E-state index is 11.1. The molecule has 0 fully saturated rings. The van der Waals surface area contributed by atoms with Crippen LogP contribution in [0.15, 0.2) is 0 Å². The van der Waals surface area contributed by atoms with Gasteiger partial charge in [0.1, 0.15) is 5.78 Å². The Balaban J connectivity index is 0. The predicted molar refractivity (Wildman–Crippen MR) is 59.1 cm³/mol. The van der Waals surface area contributed by atoms with Crippen molar-refractivity contribution in [2.24, 2.45) is 5.92 Å². The summed E-state index contributed by atoms with van der Waals surface area (Å²) in [6.45, 7) is 9.86. The third-order valence-electron chi connectivity index (χ3n) is 1.62. The molecule has 3 heteroatoms.